The third-order valence-electron chi connectivity index (χ3n) is 8.57. The van der Waals surface area contributed by atoms with Gasteiger partial charge in [0.25, 0.3) is 0 Å². The lowest BCUT2D eigenvalue weighted by molar-refractivity contribution is -0.422. The van der Waals surface area contributed by atoms with Gasteiger partial charge in [-0.05, 0) is 33.2 Å². The van der Waals surface area contributed by atoms with Crippen LogP contribution in [0, 0.1) is 43.2 Å². The van der Waals surface area contributed by atoms with Gasteiger partial charge in [-0.25, -0.2) is 0 Å². The molecule has 11 heteroatoms. The Morgan fingerprint density at radius 1 is 0.590 bits per heavy atom. The quantitative estimate of drug-likeness (QED) is 0.132. The second kappa shape index (κ2) is 12.3. The van der Waals surface area contributed by atoms with E-state index in [1.807, 2.05) is 0 Å². The molecule has 212 valence electrons. The summed E-state index contributed by atoms with van der Waals surface area (Å²) in [5.41, 5.74) is 7.79. The van der Waals surface area contributed by atoms with E-state index >= 15 is 0 Å². The summed E-state index contributed by atoms with van der Waals surface area (Å²) in [5, 5.41) is 25.0. The van der Waals surface area contributed by atoms with E-state index in [0.717, 1.165) is 11.7 Å². The van der Waals surface area contributed by atoms with Crippen LogP contribution in [0.25, 0.3) is 11.0 Å². The molecular formula is C28H42N4O4SSi2. The molecule has 2 rings (SSSR count). The number of nitrogens with zero attached hydrogens (tertiary/aromatic N) is 4. The molecule has 8 nitrogen and oxygen atoms in total. The average molecular weight is 587 g/mol. The summed E-state index contributed by atoms with van der Waals surface area (Å²) >= 11 is 0.868. The van der Waals surface area contributed by atoms with Crippen molar-refractivity contribution in [2.24, 2.45) is 0 Å². The fraction of sp³-hybridized carbons (Fsp3) is 0.643. The molecule has 2 aromatic rings. The highest BCUT2D eigenvalue weighted by Crippen LogP contribution is 2.44. The summed E-state index contributed by atoms with van der Waals surface area (Å²) in [6.45, 7) is 25.7. The van der Waals surface area contributed by atoms with E-state index in [4.69, 9.17) is 0 Å². The number of hydrogen-bond donors (Lipinski definition) is 0. The Hall–Kier alpha value is -2.61. The lowest BCUT2D eigenvalue weighted by Crippen LogP contribution is -2.43. The highest BCUT2D eigenvalue weighted by atomic mass is 32.1. The molecule has 0 aliphatic carbocycles. The normalized spacial score (nSPS) is 12.5. The highest BCUT2D eigenvalue weighted by Gasteiger charge is 2.44. The van der Waals surface area contributed by atoms with Gasteiger partial charge in [-0.1, -0.05) is 94.9 Å². The number of rotatable bonds is 8. The van der Waals surface area contributed by atoms with Gasteiger partial charge in [0.1, 0.15) is 38.3 Å². The van der Waals surface area contributed by atoms with Crippen LogP contribution >= 0.6 is 11.7 Å². The third-order valence-corrected chi connectivity index (χ3v) is 21.7. The Morgan fingerprint density at radius 3 is 1.05 bits per heavy atom. The first-order valence-corrected chi connectivity index (χ1v) is 18.8. The molecule has 0 unspecified atom stereocenters. The van der Waals surface area contributed by atoms with Crippen LogP contribution < -0.4 is 0 Å². The molecule has 0 saturated heterocycles. The van der Waals surface area contributed by atoms with Gasteiger partial charge in [0, 0.05) is 0 Å². The van der Waals surface area contributed by atoms with Gasteiger partial charge < -0.3 is 0 Å². The lowest BCUT2D eigenvalue weighted by atomic mass is 10.0. The third kappa shape index (κ3) is 5.68. The Morgan fingerprint density at radius 2 is 0.846 bits per heavy atom. The van der Waals surface area contributed by atoms with Gasteiger partial charge in [-0.2, -0.15) is 8.75 Å². The summed E-state index contributed by atoms with van der Waals surface area (Å²) in [5.74, 6) is 6.18. The van der Waals surface area contributed by atoms with Crippen molar-refractivity contribution < 1.29 is 9.85 Å². The van der Waals surface area contributed by atoms with Crippen molar-refractivity contribution in [3.63, 3.8) is 0 Å². The van der Waals surface area contributed by atoms with Crippen molar-refractivity contribution in [1.29, 1.82) is 0 Å². The number of fused-ring (bicyclic) bond motifs is 1. The molecule has 0 saturated carbocycles. The standard InChI is InChI=1S/C28H42N4O4SSi2/c1-17(2)38(18(3)4,19(5)6)15-13-23-25-26(30-37-29-25)24(28(32(35)36)27(23)31(33)34)14-16-39(20(7)8,21(9)10)22(11)12/h17-22H,1-12H3. The number of nitro benzene ring substituents is 2. The van der Waals surface area contributed by atoms with Crippen molar-refractivity contribution in [3.05, 3.63) is 31.4 Å². The van der Waals surface area contributed by atoms with E-state index in [9.17, 15) is 20.2 Å². The van der Waals surface area contributed by atoms with Gasteiger partial charge in [0.2, 0.25) is 0 Å². The topological polar surface area (TPSA) is 112 Å². The van der Waals surface area contributed by atoms with Gasteiger partial charge in [0.15, 0.2) is 0 Å². The second-order valence-corrected chi connectivity index (χ2v) is 23.9. The molecular weight excluding hydrogens is 545 g/mol. The molecule has 0 N–H and O–H groups in total. The molecule has 39 heavy (non-hydrogen) atoms. The van der Waals surface area contributed by atoms with Crippen LogP contribution in [0.2, 0.25) is 33.2 Å². The monoisotopic (exact) mass is 586 g/mol. The average Bonchev–Trinajstić information content (AvgIpc) is 3.28. The summed E-state index contributed by atoms with van der Waals surface area (Å²) < 4.78 is 8.74. The first kappa shape index (κ1) is 32.6. The van der Waals surface area contributed by atoms with Crippen LogP contribution in [-0.2, 0) is 0 Å². The lowest BCUT2D eigenvalue weighted by Gasteiger charge is -2.38. The van der Waals surface area contributed by atoms with E-state index in [2.05, 4.69) is 115 Å². The zero-order valence-corrected chi connectivity index (χ0v) is 28.1. The Labute approximate surface area is 239 Å². The van der Waals surface area contributed by atoms with Gasteiger partial charge in [-0.15, -0.1) is 11.1 Å². The molecule has 1 heterocycles. The van der Waals surface area contributed by atoms with E-state index in [1.165, 1.54) is 0 Å². The predicted octanol–water partition coefficient (Wildman–Crippen LogP) is 8.65. The molecule has 1 aromatic carbocycles. The van der Waals surface area contributed by atoms with Crippen LogP contribution in [0.5, 0.6) is 0 Å². The predicted molar refractivity (Wildman–Crippen MR) is 167 cm³/mol. The smallest absolute Gasteiger partial charge is 0.258 e. The first-order chi connectivity index (χ1) is 18.0. The summed E-state index contributed by atoms with van der Waals surface area (Å²) in [6, 6.07) is 0. The van der Waals surface area contributed by atoms with Crippen molar-refractivity contribution in [3.8, 4) is 22.9 Å². The van der Waals surface area contributed by atoms with Crippen LogP contribution in [0.4, 0.5) is 11.4 Å². The number of hydrogen-bond acceptors (Lipinski definition) is 7. The number of nitro groups is 2. The van der Waals surface area contributed by atoms with Crippen molar-refractivity contribution in [1.82, 2.24) is 8.75 Å². The molecule has 0 aliphatic heterocycles. The number of aromatic nitrogens is 2. The fourth-order valence-corrected chi connectivity index (χ4v) is 17.8. The molecule has 0 fully saturated rings. The van der Waals surface area contributed by atoms with Crippen molar-refractivity contribution in [2.45, 2.75) is 116 Å². The van der Waals surface area contributed by atoms with Gasteiger partial charge in [-0.3, -0.25) is 20.2 Å². The summed E-state index contributed by atoms with van der Waals surface area (Å²) in [4.78, 5) is 23.6. The minimum Gasteiger partial charge on any atom is -0.258 e. The highest BCUT2D eigenvalue weighted by molar-refractivity contribution is 7.00. The first-order valence-electron chi connectivity index (χ1n) is 13.7. The van der Waals surface area contributed by atoms with Crippen LogP contribution in [0.1, 0.15) is 94.2 Å². The minimum absolute atomic E-state index is 0.0279. The van der Waals surface area contributed by atoms with E-state index in [-0.39, 0.29) is 55.4 Å². The largest absolute Gasteiger partial charge is 0.365 e. The molecule has 1 aromatic heterocycles. The number of benzene rings is 1. The Balaban J connectivity index is 3.13. The van der Waals surface area contributed by atoms with Crippen LogP contribution in [0.3, 0.4) is 0 Å². The Kier molecular flexibility index (Phi) is 10.3. The van der Waals surface area contributed by atoms with Crippen molar-refractivity contribution in [2.75, 3.05) is 0 Å². The zero-order valence-electron chi connectivity index (χ0n) is 25.3. The minimum atomic E-state index is -2.29. The van der Waals surface area contributed by atoms with Crippen LogP contribution in [-0.4, -0.2) is 34.7 Å². The van der Waals surface area contributed by atoms with Gasteiger partial charge in [0.05, 0.1) is 21.6 Å². The van der Waals surface area contributed by atoms with E-state index in [0.29, 0.717) is 0 Å². The molecule has 0 aliphatic rings. The maximum atomic E-state index is 12.5. The molecule has 0 bridgehead atoms. The van der Waals surface area contributed by atoms with Gasteiger partial charge >= 0.3 is 11.4 Å². The van der Waals surface area contributed by atoms with Crippen LogP contribution in [0.15, 0.2) is 0 Å². The molecule has 0 spiro atoms. The molecule has 0 atom stereocenters. The SMILES string of the molecule is CC(C)[Si](C#Cc1c([N+](=O)[O-])c([N+](=O)[O-])c(C#C[Si](C(C)C)(C(C)C)C(C)C)c2nsnc12)(C(C)C)C(C)C. The molecule has 0 amide bonds. The molecule has 0 radical (unpaired) electrons. The maximum Gasteiger partial charge on any atom is 0.365 e. The Bertz CT molecular complexity index is 1230. The fourth-order valence-electron chi connectivity index (χ4n) is 6.78. The van der Waals surface area contributed by atoms with E-state index in [1.54, 1.807) is 0 Å². The summed E-state index contributed by atoms with van der Waals surface area (Å²) in [7, 11) is -4.58. The second-order valence-electron chi connectivity index (χ2n) is 12.2. The zero-order chi connectivity index (χ0) is 30.0. The van der Waals surface area contributed by atoms with E-state index < -0.39 is 37.4 Å². The maximum absolute atomic E-state index is 12.5. The van der Waals surface area contributed by atoms with Crippen molar-refractivity contribution >= 4 is 50.3 Å². The summed E-state index contributed by atoms with van der Waals surface area (Å²) in [6.07, 6.45) is 0.